The lowest BCUT2D eigenvalue weighted by molar-refractivity contribution is -0.385. The molecule has 2 aromatic rings. The molecule has 2 heterocycles. The van der Waals surface area contributed by atoms with E-state index in [0.29, 0.717) is 35.2 Å². The van der Waals surface area contributed by atoms with Gasteiger partial charge in [0.05, 0.1) is 43.4 Å². The van der Waals surface area contributed by atoms with E-state index in [-0.39, 0.29) is 29.6 Å². The highest BCUT2D eigenvalue weighted by molar-refractivity contribution is 6.33. The predicted molar refractivity (Wildman–Crippen MR) is 170 cm³/mol. The van der Waals surface area contributed by atoms with E-state index in [1.54, 1.807) is 17.0 Å². The predicted octanol–water partition coefficient (Wildman–Crippen LogP) is 6.52. The van der Waals surface area contributed by atoms with Crippen molar-refractivity contribution in [2.24, 2.45) is 0 Å². The number of rotatable bonds is 4. The summed E-state index contributed by atoms with van der Waals surface area (Å²) in [7, 11) is 0. The van der Waals surface area contributed by atoms with Gasteiger partial charge in [-0.2, -0.15) is 0 Å². The van der Waals surface area contributed by atoms with Crippen LogP contribution in [-0.2, 0) is 4.74 Å². The number of non-ortho nitro benzene ring substituents is 2. The summed E-state index contributed by atoms with van der Waals surface area (Å²) >= 11 is 12.4. The Bertz CT molecular complexity index is 1320. The van der Waals surface area contributed by atoms with Gasteiger partial charge in [-0.15, -0.1) is 0 Å². The molecule has 1 amide bonds. The van der Waals surface area contributed by atoms with E-state index in [4.69, 9.17) is 27.9 Å². The summed E-state index contributed by atoms with van der Waals surface area (Å²) in [4.78, 5) is 39.0. The van der Waals surface area contributed by atoms with Crippen LogP contribution in [0, 0.1) is 20.2 Å². The maximum absolute atomic E-state index is 12.4. The Kier molecular flexibility index (Phi) is 11.1. The fraction of sp³-hybridized carbons (Fsp3) is 0.552. The molecule has 0 radical (unpaired) electrons. The number of nitrogens with one attached hydrogen (secondary N) is 1. The zero-order valence-corrected chi connectivity index (χ0v) is 27.1. The van der Waals surface area contributed by atoms with Crippen LogP contribution in [-0.4, -0.2) is 76.8 Å². The summed E-state index contributed by atoms with van der Waals surface area (Å²) < 4.78 is 5.49. The van der Waals surface area contributed by atoms with Crippen molar-refractivity contribution in [3.8, 4) is 0 Å². The maximum Gasteiger partial charge on any atom is 0.410 e. The minimum Gasteiger partial charge on any atom is -0.444 e. The smallest absolute Gasteiger partial charge is 0.410 e. The van der Waals surface area contributed by atoms with Gasteiger partial charge in [-0.25, -0.2) is 4.79 Å². The lowest BCUT2D eigenvalue weighted by Gasteiger charge is -2.45. The number of carbonyl (C=O) groups excluding carboxylic acids is 1. The number of benzene rings is 2. The average Bonchev–Trinajstić information content (AvgIpc) is 2.86. The van der Waals surface area contributed by atoms with Gasteiger partial charge in [0.1, 0.15) is 5.60 Å². The van der Waals surface area contributed by atoms with Crippen LogP contribution in [0.1, 0.15) is 48.5 Å². The van der Waals surface area contributed by atoms with Crippen molar-refractivity contribution in [1.29, 1.82) is 0 Å². The molecule has 43 heavy (non-hydrogen) atoms. The lowest BCUT2D eigenvalue weighted by atomic mass is 10.1. The second-order valence-corrected chi connectivity index (χ2v) is 13.0. The van der Waals surface area contributed by atoms with E-state index in [1.165, 1.54) is 24.3 Å². The normalized spacial score (nSPS) is 22.4. The van der Waals surface area contributed by atoms with Crippen LogP contribution in [0.3, 0.4) is 0 Å². The monoisotopic (exact) mass is 638 g/mol. The second kappa shape index (κ2) is 14.0. The summed E-state index contributed by atoms with van der Waals surface area (Å²) in [5, 5.41) is 25.7. The van der Waals surface area contributed by atoms with E-state index in [9.17, 15) is 25.0 Å². The third-order valence-electron chi connectivity index (χ3n) is 7.05. The number of amides is 1. The van der Waals surface area contributed by atoms with E-state index >= 15 is 0 Å². The molecular weight excluding hydrogens is 599 g/mol. The Balaban J connectivity index is 0.000000248. The van der Waals surface area contributed by atoms with Crippen LogP contribution >= 0.6 is 23.2 Å². The largest absolute Gasteiger partial charge is 0.444 e. The van der Waals surface area contributed by atoms with Crippen molar-refractivity contribution >= 4 is 52.0 Å². The zero-order chi connectivity index (χ0) is 32.2. The molecule has 4 atom stereocenters. The average molecular weight is 640 g/mol. The summed E-state index contributed by atoms with van der Waals surface area (Å²) in [5.41, 5.74) is 1.04. The molecule has 0 bridgehead atoms. The molecule has 0 aliphatic carbocycles. The molecule has 236 valence electrons. The third-order valence-corrected chi connectivity index (χ3v) is 7.65. The quantitative estimate of drug-likeness (QED) is 0.293. The molecule has 0 aromatic heterocycles. The van der Waals surface area contributed by atoms with Gasteiger partial charge in [-0.3, -0.25) is 25.1 Å². The van der Waals surface area contributed by atoms with Gasteiger partial charge in [0.25, 0.3) is 11.4 Å². The van der Waals surface area contributed by atoms with Crippen molar-refractivity contribution < 1.29 is 19.4 Å². The molecule has 2 aliphatic rings. The fourth-order valence-electron chi connectivity index (χ4n) is 5.45. The van der Waals surface area contributed by atoms with E-state index in [2.05, 4.69) is 24.1 Å². The van der Waals surface area contributed by atoms with E-state index in [1.807, 2.05) is 39.5 Å². The molecule has 0 spiro atoms. The molecule has 0 unspecified atom stereocenters. The van der Waals surface area contributed by atoms with Gasteiger partial charge in [-0.1, -0.05) is 23.2 Å². The highest BCUT2D eigenvalue weighted by atomic mass is 35.5. The fourth-order valence-corrected chi connectivity index (χ4v) is 6.04. The number of ether oxygens (including phenoxy) is 1. The number of piperazine rings is 2. The Labute approximate surface area is 262 Å². The van der Waals surface area contributed by atoms with Crippen molar-refractivity contribution in [2.45, 2.75) is 78.2 Å². The molecule has 14 heteroatoms. The Morgan fingerprint density at radius 1 is 0.814 bits per heavy atom. The van der Waals surface area contributed by atoms with Crippen molar-refractivity contribution in [3.05, 3.63) is 66.7 Å². The molecular formula is C29H40Cl2N6O6. The van der Waals surface area contributed by atoms with Crippen LogP contribution in [0.15, 0.2) is 36.4 Å². The molecule has 2 aromatic carbocycles. The van der Waals surface area contributed by atoms with Crippen LogP contribution in [0.4, 0.5) is 27.5 Å². The zero-order valence-electron chi connectivity index (χ0n) is 25.5. The number of carbonyl (C=O) groups is 1. The lowest BCUT2D eigenvalue weighted by Crippen LogP contribution is -2.59. The van der Waals surface area contributed by atoms with Crippen molar-refractivity contribution in [3.63, 3.8) is 0 Å². The van der Waals surface area contributed by atoms with Gasteiger partial charge in [-0.05, 0) is 60.6 Å². The first-order chi connectivity index (χ1) is 20.0. The van der Waals surface area contributed by atoms with Crippen LogP contribution < -0.4 is 15.1 Å². The minimum absolute atomic E-state index is 0.0278. The molecule has 2 aliphatic heterocycles. The highest BCUT2D eigenvalue weighted by Gasteiger charge is 2.36. The highest BCUT2D eigenvalue weighted by Crippen LogP contribution is 2.33. The first-order valence-corrected chi connectivity index (χ1v) is 14.9. The molecule has 4 rings (SSSR count). The van der Waals surface area contributed by atoms with Gasteiger partial charge in [0.15, 0.2) is 0 Å². The first-order valence-electron chi connectivity index (χ1n) is 14.1. The Hall–Kier alpha value is -3.35. The van der Waals surface area contributed by atoms with Gasteiger partial charge >= 0.3 is 6.09 Å². The molecule has 12 nitrogen and oxygen atoms in total. The summed E-state index contributed by atoms with van der Waals surface area (Å²) in [6, 6.07) is 9.68. The molecule has 0 saturated carbocycles. The molecule has 2 saturated heterocycles. The summed E-state index contributed by atoms with van der Waals surface area (Å²) in [6.07, 6.45) is -0.332. The number of nitro groups is 2. The second-order valence-electron chi connectivity index (χ2n) is 12.2. The Morgan fingerprint density at radius 3 is 1.56 bits per heavy atom. The van der Waals surface area contributed by atoms with E-state index < -0.39 is 15.4 Å². The third kappa shape index (κ3) is 9.07. The number of nitro benzene ring substituents is 2. The number of anilines is 2. The number of halogens is 2. The first kappa shape index (κ1) is 34.1. The standard InChI is InChI=1S/C17H24ClN3O4.C12H16ClN3O2/c1-11-9-19(15-7-6-13(21(23)24)8-14(15)18)10-12(2)20(11)16(22)25-17(3,4)5;1-8-6-15(7-9(2)14-8)12-4-3-10(16(17)18)5-11(12)13/h6-8,11-12H,9-10H2,1-5H3;3-5,8-9,14H,6-7H2,1-2H3/t11-,12+;8-,9+. The van der Waals surface area contributed by atoms with Crippen LogP contribution in [0.2, 0.25) is 10.0 Å². The van der Waals surface area contributed by atoms with Crippen molar-refractivity contribution in [1.82, 2.24) is 10.2 Å². The summed E-state index contributed by atoms with van der Waals surface area (Å²) in [5.74, 6) is 0. The van der Waals surface area contributed by atoms with Crippen LogP contribution in [0.5, 0.6) is 0 Å². The SMILES string of the molecule is C[C@@H]1CN(c2ccc([N+](=O)[O-])cc2Cl)C[C@H](C)N1.C[C@@H]1CN(c2ccc([N+](=O)[O-])cc2Cl)C[C@H](C)N1C(=O)OC(C)(C)C. The van der Waals surface area contributed by atoms with Crippen LogP contribution in [0.25, 0.3) is 0 Å². The van der Waals surface area contributed by atoms with Gasteiger partial charge in [0.2, 0.25) is 0 Å². The molecule has 1 N–H and O–H groups in total. The number of hydrogen-bond acceptors (Lipinski definition) is 9. The number of hydrogen-bond donors (Lipinski definition) is 1. The van der Waals surface area contributed by atoms with Gasteiger partial charge < -0.3 is 19.9 Å². The minimum atomic E-state index is -0.546. The number of nitrogens with zero attached hydrogens (tertiary/aromatic N) is 5. The molecule has 2 fully saturated rings. The maximum atomic E-state index is 12.4. The van der Waals surface area contributed by atoms with Crippen molar-refractivity contribution in [2.75, 3.05) is 36.0 Å². The summed E-state index contributed by atoms with van der Waals surface area (Å²) in [6.45, 7) is 16.5. The topological polar surface area (TPSA) is 134 Å². The Morgan fingerprint density at radius 2 is 1.21 bits per heavy atom. The van der Waals surface area contributed by atoms with Gasteiger partial charge in [0, 0.05) is 62.5 Å². The van der Waals surface area contributed by atoms with E-state index in [0.717, 1.165) is 24.5 Å².